The summed E-state index contributed by atoms with van der Waals surface area (Å²) in [5, 5.41) is 0. The van der Waals surface area contributed by atoms with Gasteiger partial charge in [-0.25, -0.2) is 0 Å². The van der Waals surface area contributed by atoms with E-state index in [-0.39, 0.29) is 5.79 Å². The normalized spacial score (nSPS) is 23.5. The van der Waals surface area contributed by atoms with Crippen LogP contribution < -0.4 is 0 Å². The molecular weight excluding hydrogens is 562 g/mol. The Morgan fingerprint density at radius 3 is 1.20 bits per heavy atom. The van der Waals surface area contributed by atoms with E-state index in [0.29, 0.717) is 18.2 Å². The van der Waals surface area contributed by atoms with Gasteiger partial charge >= 0.3 is 0 Å². The highest BCUT2D eigenvalue weighted by Crippen LogP contribution is 2.44. The molecule has 46 heavy (non-hydrogen) atoms. The van der Waals surface area contributed by atoms with Gasteiger partial charge in [-0.15, -0.1) is 0 Å². The van der Waals surface area contributed by atoms with Gasteiger partial charge in [0.05, 0.1) is 12.2 Å². The molecule has 0 aromatic heterocycles. The van der Waals surface area contributed by atoms with Crippen molar-refractivity contribution in [2.75, 3.05) is 14.1 Å². The fourth-order valence-electron chi connectivity index (χ4n) is 7.13. The summed E-state index contributed by atoms with van der Waals surface area (Å²) in [4.78, 5) is 2.36. The van der Waals surface area contributed by atoms with E-state index in [0.717, 1.165) is 38.5 Å². The summed E-state index contributed by atoms with van der Waals surface area (Å²) in [6, 6.07) is 0.603. The van der Waals surface area contributed by atoms with Crippen molar-refractivity contribution in [2.24, 2.45) is 0 Å². The van der Waals surface area contributed by atoms with E-state index in [1.54, 1.807) is 0 Å². The molecule has 0 amide bonds. The summed E-state index contributed by atoms with van der Waals surface area (Å²) in [6.07, 6.45) is 53.5. The minimum absolute atomic E-state index is 0.301. The SMILES string of the molecule is CCCCC/C=C\C/C=C\CCCCCCCCC1(CCCCCCC/C=C\C/C=C\CCCCC)O[C@H]2CC(N(C)C)C[C@H]2O1. The lowest BCUT2D eigenvalue weighted by Crippen LogP contribution is -2.34. The third kappa shape index (κ3) is 19.6. The molecule has 0 radical (unpaired) electrons. The highest BCUT2D eigenvalue weighted by molar-refractivity contribution is 4.97. The molecule has 4 atom stereocenters. The monoisotopic (exact) mass is 640 g/mol. The maximum Gasteiger partial charge on any atom is 0.169 e. The second-order valence-electron chi connectivity index (χ2n) is 14.6. The van der Waals surface area contributed by atoms with Crippen LogP contribution in [-0.4, -0.2) is 43.0 Å². The first kappa shape index (κ1) is 41.0. The third-order valence-corrected chi connectivity index (χ3v) is 10.2. The number of ether oxygens (including phenoxy) is 2. The van der Waals surface area contributed by atoms with E-state index in [2.05, 4.69) is 81.5 Å². The van der Waals surface area contributed by atoms with Crippen LogP contribution in [0.1, 0.15) is 187 Å². The number of unbranched alkanes of at least 4 members (excludes halogenated alkanes) is 17. The number of rotatable bonds is 30. The van der Waals surface area contributed by atoms with Crippen LogP contribution in [0.2, 0.25) is 0 Å². The molecule has 1 saturated heterocycles. The van der Waals surface area contributed by atoms with Crippen molar-refractivity contribution in [3.63, 3.8) is 0 Å². The minimum atomic E-state index is -0.311. The fourth-order valence-corrected chi connectivity index (χ4v) is 7.13. The van der Waals surface area contributed by atoms with Gasteiger partial charge in [-0.2, -0.15) is 0 Å². The van der Waals surface area contributed by atoms with Gasteiger partial charge in [0.25, 0.3) is 0 Å². The highest BCUT2D eigenvalue weighted by Gasteiger charge is 2.51. The van der Waals surface area contributed by atoms with Crippen molar-refractivity contribution >= 4 is 0 Å². The first-order valence-electron chi connectivity index (χ1n) is 20.2. The lowest BCUT2D eigenvalue weighted by molar-refractivity contribution is -0.193. The molecule has 266 valence electrons. The Kier molecular flexibility index (Phi) is 24.7. The molecule has 0 bridgehead atoms. The van der Waals surface area contributed by atoms with Gasteiger partial charge in [-0.05, 0) is 104 Å². The predicted octanol–water partition coefficient (Wildman–Crippen LogP) is 13.2. The molecule has 1 aliphatic heterocycles. The number of fused-ring (bicyclic) bond motifs is 1. The Morgan fingerprint density at radius 2 is 0.826 bits per heavy atom. The van der Waals surface area contributed by atoms with Gasteiger partial charge in [-0.3, -0.25) is 0 Å². The fraction of sp³-hybridized carbons (Fsp3) is 0.814. The Labute approximate surface area is 287 Å². The summed E-state index contributed by atoms with van der Waals surface area (Å²) in [5.41, 5.74) is 0. The molecule has 0 spiro atoms. The van der Waals surface area contributed by atoms with E-state index in [4.69, 9.17) is 9.47 Å². The van der Waals surface area contributed by atoms with Gasteiger partial charge in [-0.1, -0.05) is 133 Å². The Hall–Kier alpha value is -1.16. The molecule has 0 aromatic carbocycles. The second-order valence-corrected chi connectivity index (χ2v) is 14.6. The van der Waals surface area contributed by atoms with Gasteiger partial charge in [0.1, 0.15) is 0 Å². The molecule has 3 nitrogen and oxygen atoms in total. The summed E-state index contributed by atoms with van der Waals surface area (Å²) in [5.74, 6) is -0.311. The van der Waals surface area contributed by atoms with Gasteiger partial charge in [0.15, 0.2) is 5.79 Å². The zero-order valence-electron chi connectivity index (χ0n) is 31.2. The molecule has 3 heteroatoms. The minimum Gasteiger partial charge on any atom is -0.344 e. The standard InChI is InChI=1S/C43H77NO2/c1-5-7-9-11-13-15-17-19-21-23-25-27-29-31-33-35-37-43(45-41-38-40(44(3)4)39-42(41)46-43)36-34-32-30-28-26-24-22-20-18-16-14-12-10-8-6-2/h13-16,19-22,40-42H,5-12,17-18,23-39H2,1-4H3/b15-13-,16-14-,21-19-,22-20-/t40?,41-,42+,43?. The molecule has 0 aromatic rings. The van der Waals surface area contributed by atoms with Crippen LogP contribution in [0, 0.1) is 0 Å². The summed E-state index contributed by atoms with van der Waals surface area (Å²) in [7, 11) is 4.40. The Morgan fingerprint density at radius 1 is 0.478 bits per heavy atom. The molecule has 2 fully saturated rings. The van der Waals surface area contributed by atoms with Crippen LogP contribution in [0.4, 0.5) is 0 Å². The molecule has 2 unspecified atom stereocenters. The average molecular weight is 640 g/mol. The van der Waals surface area contributed by atoms with Crippen LogP contribution in [0.15, 0.2) is 48.6 Å². The quantitative estimate of drug-likeness (QED) is 0.0576. The van der Waals surface area contributed by atoms with Crippen molar-refractivity contribution in [3.05, 3.63) is 48.6 Å². The first-order valence-corrected chi connectivity index (χ1v) is 20.2. The molecule has 2 rings (SSSR count). The zero-order chi connectivity index (χ0) is 33.0. The summed E-state index contributed by atoms with van der Waals surface area (Å²) < 4.78 is 13.6. The van der Waals surface area contributed by atoms with Crippen LogP contribution in [0.5, 0.6) is 0 Å². The van der Waals surface area contributed by atoms with E-state index in [9.17, 15) is 0 Å². The zero-order valence-corrected chi connectivity index (χ0v) is 31.2. The van der Waals surface area contributed by atoms with Crippen molar-refractivity contribution in [1.82, 2.24) is 4.90 Å². The molecule has 1 saturated carbocycles. The Balaban J connectivity index is 1.56. The van der Waals surface area contributed by atoms with Gasteiger partial charge in [0.2, 0.25) is 0 Å². The summed E-state index contributed by atoms with van der Waals surface area (Å²) in [6.45, 7) is 4.54. The number of nitrogens with zero attached hydrogens (tertiary/aromatic N) is 1. The molecule has 1 aliphatic carbocycles. The van der Waals surface area contributed by atoms with Crippen LogP contribution in [-0.2, 0) is 9.47 Å². The van der Waals surface area contributed by atoms with Crippen molar-refractivity contribution < 1.29 is 9.47 Å². The smallest absolute Gasteiger partial charge is 0.169 e. The highest BCUT2D eigenvalue weighted by atomic mass is 16.8. The largest absolute Gasteiger partial charge is 0.344 e. The number of hydrogen-bond donors (Lipinski definition) is 0. The first-order chi connectivity index (χ1) is 22.6. The summed E-state index contributed by atoms with van der Waals surface area (Å²) >= 11 is 0. The third-order valence-electron chi connectivity index (χ3n) is 10.2. The van der Waals surface area contributed by atoms with E-state index in [1.807, 2.05) is 0 Å². The van der Waals surface area contributed by atoms with Gasteiger partial charge < -0.3 is 14.4 Å². The van der Waals surface area contributed by atoms with Crippen molar-refractivity contribution in [3.8, 4) is 0 Å². The lowest BCUT2D eigenvalue weighted by Gasteiger charge is -2.31. The average Bonchev–Trinajstić information content (AvgIpc) is 3.59. The van der Waals surface area contributed by atoms with Crippen molar-refractivity contribution in [2.45, 2.75) is 211 Å². The molecular formula is C43H77NO2. The Bertz CT molecular complexity index is 798. The van der Waals surface area contributed by atoms with Crippen LogP contribution in [0.25, 0.3) is 0 Å². The van der Waals surface area contributed by atoms with Crippen LogP contribution in [0.3, 0.4) is 0 Å². The number of hydrogen-bond acceptors (Lipinski definition) is 3. The molecule has 0 N–H and O–H groups in total. The topological polar surface area (TPSA) is 21.7 Å². The van der Waals surface area contributed by atoms with E-state index in [1.165, 1.54) is 135 Å². The van der Waals surface area contributed by atoms with Crippen LogP contribution >= 0.6 is 0 Å². The van der Waals surface area contributed by atoms with Crippen molar-refractivity contribution in [1.29, 1.82) is 0 Å². The second kappa shape index (κ2) is 27.8. The maximum absolute atomic E-state index is 6.82. The van der Waals surface area contributed by atoms with E-state index < -0.39 is 0 Å². The lowest BCUT2D eigenvalue weighted by atomic mass is 9.98. The number of allylic oxidation sites excluding steroid dienone is 8. The maximum atomic E-state index is 6.82. The van der Waals surface area contributed by atoms with Gasteiger partial charge in [0, 0.05) is 18.9 Å². The molecule has 1 heterocycles. The van der Waals surface area contributed by atoms with E-state index >= 15 is 0 Å². The predicted molar refractivity (Wildman–Crippen MR) is 203 cm³/mol. The molecule has 2 aliphatic rings.